The fourth-order valence-electron chi connectivity index (χ4n) is 3.09. The van der Waals surface area contributed by atoms with Crippen molar-refractivity contribution in [2.24, 2.45) is 0 Å². The minimum absolute atomic E-state index is 0.0518. The second kappa shape index (κ2) is 5.78. The van der Waals surface area contributed by atoms with E-state index in [1.54, 1.807) is 9.25 Å². The highest BCUT2D eigenvalue weighted by molar-refractivity contribution is 5.34. The maximum atomic E-state index is 13.0. The first-order chi connectivity index (χ1) is 11.6. The van der Waals surface area contributed by atoms with Crippen LogP contribution in [0.2, 0.25) is 0 Å². The molecule has 0 spiro atoms. The summed E-state index contributed by atoms with van der Waals surface area (Å²) in [6.45, 7) is 4.67. The maximum Gasteiger partial charge on any atom is 0.350 e. The minimum Gasteiger partial charge on any atom is -0.247 e. The van der Waals surface area contributed by atoms with Crippen LogP contribution in [0.25, 0.3) is 5.69 Å². The average molecular weight is 319 g/mol. The van der Waals surface area contributed by atoms with E-state index >= 15 is 0 Å². The molecule has 0 radical (unpaired) electrons. The Labute approximate surface area is 141 Å². The summed E-state index contributed by atoms with van der Waals surface area (Å²) in [4.78, 5) is 13.0. The van der Waals surface area contributed by atoms with Crippen molar-refractivity contribution >= 4 is 0 Å². The van der Waals surface area contributed by atoms with Gasteiger partial charge in [-0.2, -0.15) is 5.10 Å². The van der Waals surface area contributed by atoms with E-state index in [9.17, 15) is 4.79 Å². The number of aromatic nitrogens is 3. The van der Waals surface area contributed by atoms with Crippen molar-refractivity contribution in [1.82, 2.24) is 14.3 Å². The number of benzene rings is 2. The summed E-state index contributed by atoms with van der Waals surface area (Å²) < 4.78 is 3.39. The lowest BCUT2D eigenvalue weighted by molar-refractivity contribution is 0.645. The first-order valence-electron chi connectivity index (χ1n) is 8.45. The van der Waals surface area contributed by atoms with E-state index in [1.165, 1.54) is 11.1 Å². The lowest BCUT2D eigenvalue weighted by Crippen LogP contribution is -2.25. The van der Waals surface area contributed by atoms with Crippen molar-refractivity contribution in [1.29, 1.82) is 0 Å². The van der Waals surface area contributed by atoms with Gasteiger partial charge in [-0.15, -0.1) is 0 Å². The molecule has 4 rings (SSSR count). The topological polar surface area (TPSA) is 39.8 Å². The van der Waals surface area contributed by atoms with Gasteiger partial charge in [0.05, 0.1) is 12.2 Å². The Morgan fingerprint density at radius 1 is 1.08 bits per heavy atom. The molecule has 4 heteroatoms. The van der Waals surface area contributed by atoms with Gasteiger partial charge in [-0.1, -0.05) is 42.0 Å². The first kappa shape index (κ1) is 14.9. The zero-order valence-electron chi connectivity index (χ0n) is 14.1. The molecule has 1 aliphatic rings. The second-order valence-electron chi connectivity index (χ2n) is 6.67. The van der Waals surface area contributed by atoms with Crippen molar-refractivity contribution in [3.05, 3.63) is 81.5 Å². The maximum absolute atomic E-state index is 13.0. The van der Waals surface area contributed by atoms with Crippen molar-refractivity contribution in [2.45, 2.75) is 39.2 Å². The zero-order chi connectivity index (χ0) is 16.7. The average Bonchev–Trinajstić information content (AvgIpc) is 3.37. The molecular weight excluding hydrogens is 298 g/mol. The molecule has 0 N–H and O–H groups in total. The highest BCUT2D eigenvalue weighted by atomic mass is 16.2. The van der Waals surface area contributed by atoms with Gasteiger partial charge in [0.1, 0.15) is 5.82 Å². The van der Waals surface area contributed by atoms with Gasteiger partial charge in [-0.3, -0.25) is 0 Å². The Kier molecular flexibility index (Phi) is 3.60. The van der Waals surface area contributed by atoms with E-state index in [4.69, 9.17) is 0 Å². The molecule has 1 heterocycles. The molecule has 1 fully saturated rings. The molecule has 0 aliphatic heterocycles. The molecule has 0 saturated heterocycles. The Bertz CT molecular complexity index is 933. The SMILES string of the molecule is Cc1ccc(C)c(Cn2nc(C3CC3)n(-c3ccccc3)c2=O)c1. The van der Waals surface area contributed by atoms with E-state index in [2.05, 4.69) is 37.1 Å². The van der Waals surface area contributed by atoms with Gasteiger partial charge in [0.2, 0.25) is 0 Å². The van der Waals surface area contributed by atoms with E-state index in [1.807, 2.05) is 30.3 Å². The monoisotopic (exact) mass is 319 g/mol. The summed E-state index contributed by atoms with van der Waals surface area (Å²) in [5.41, 5.74) is 4.39. The molecule has 122 valence electrons. The van der Waals surface area contributed by atoms with Gasteiger partial charge in [0.25, 0.3) is 0 Å². The lowest BCUT2D eigenvalue weighted by Gasteiger charge is -2.06. The second-order valence-corrected chi connectivity index (χ2v) is 6.67. The van der Waals surface area contributed by atoms with E-state index in [-0.39, 0.29) is 5.69 Å². The molecule has 4 nitrogen and oxygen atoms in total. The molecule has 24 heavy (non-hydrogen) atoms. The van der Waals surface area contributed by atoms with Gasteiger partial charge < -0.3 is 0 Å². The number of nitrogens with zero attached hydrogens (tertiary/aromatic N) is 3. The fourth-order valence-corrected chi connectivity index (χ4v) is 3.09. The number of para-hydroxylation sites is 1. The lowest BCUT2D eigenvalue weighted by atomic mass is 10.1. The number of rotatable bonds is 4. The third-order valence-electron chi connectivity index (χ3n) is 4.65. The van der Waals surface area contributed by atoms with E-state index in [0.29, 0.717) is 12.5 Å². The van der Waals surface area contributed by atoms with E-state index in [0.717, 1.165) is 29.9 Å². The molecule has 1 aromatic heterocycles. The Balaban J connectivity index is 1.80. The van der Waals surface area contributed by atoms with Crippen LogP contribution >= 0.6 is 0 Å². The van der Waals surface area contributed by atoms with Gasteiger partial charge in [-0.05, 0) is 49.9 Å². The number of aryl methyl sites for hydroxylation is 2. The molecule has 0 bridgehead atoms. The standard InChI is InChI=1S/C20H21N3O/c1-14-8-9-15(2)17(12-14)13-22-20(24)23(18-6-4-3-5-7-18)19(21-22)16-10-11-16/h3-9,12,16H,10-11,13H2,1-2H3. The van der Waals surface area contributed by atoms with Gasteiger partial charge in [-0.25, -0.2) is 14.0 Å². The summed E-state index contributed by atoms with van der Waals surface area (Å²) in [7, 11) is 0. The number of hydrogen-bond acceptors (Lipinski definition) is 2. The van der Waals surface area contributed by atoms with Crippen LogP contribution in [0.15, 0.2) is 53.3 Å². The van der Waals surface area contributed by atoms with Crippen LogP contribution in [0.1, 0.15) is 41.3 Å². The smallest absolute Gasteiger partial charge is 0.247 e. The Hall–Kier alpha value is -2.62. The van der Waals surface area contributed by atoms with Crippen LogP contribution in [-0.4, -0.2) is 14.3 Å². The summed E-state index contributed by atoms with van der Waals surface area (Å²) in [6.07, 6.45) is 2.24. The van der Waals surface area contributed by atoms with Crippen LogP contribution in [0.3, 0.4) is 0 Å². The fraction of sp³-hybridized carbons (Fsp3) is 0.300. The largest absolute Gasteiger partial charge is 0.350 e. The van der Waals surface area contributed by atoms with Crippen LogP contribution in [0.4, 0.5) is 0 Å². The molecule has 1 aliphatic carbocycles. The van der Waals surface area contributed by atoms with Gasteiger partial charge in [0.15, 0.2) is 0 Å². The van der Waals surface area contributed by atoms with Crippen molar-refractivity contribution in [3.8, 4) is 5.69 Å². The van der Waals surface area contributed by atoms with Crippen LogP contribution < -0.4 is 5.69 Å². The molecule has 0 unspecified atom stereocenters. The zero-order valence-corrected chi connectivity index (χ0v) is 14.1. The number of hydrogen-bond donors (Lipinski definition) is 0. The normalized spacial score (nSPS) is 14.1. The highest BCUT2D eigenvalue weighted by Crippen LogP contribution is 2.39. The summed E-state index contributed by atoms with van der Waals surface area (Å²) in [5.74, 6) is 1.31. The molecule has 1 saturated carbocycles. The summed E-state index contributed by atoms with van der Waals surface area (Å²) >= 11 is 0. The summed E-state index contributed by atoms with van der Waals surface area (Å²) in [6, 6.07) is 16.2. The van der Waals surface area contributed by atoms with Gasteiger partial charge >= 0.3 is 5.69 Å². The van der Waals surface area contributed by atoms with Crippen molar-refractivity contribution in [3.63, 3.8) is 0 Å². The van der Waals surface area contributed by atoms with Gasteiger partial charge in [0, 0.05) is 5.92 Å². The predicted octanol–water partition coefficient (Wildman–Crippen LogP) is 3.58. The first-order valence-corrected chi connectivity index (χ1v) is 8.45. The molecule has 2 aromatic carbocycles. The van der Waals surface area contributed by atoms with Crippen molar-refractivity contribution < 1.29 is 0 Å². The van der Waals surface area contributed by atoms with Crippen LogP contribution in [-0.2, 0) is 6.54 Å². The van der Waals surface area contributed by atoms with E-state index < -0.39 is 0 Å². The Morgan fingerprint density at radius 3 is 2.54 bits per heavy atom. The molecule has 3 aromatic rings. The highest BCUT2D eigenvalue weighted by Gasteiger charge is 2.31. The Morgan fingerprint density at radius 2 is 1.83 bits per heavy atom. The van der Waals surface area contributed by atoms with Crippen molar-refractivity contribution in [2.75, 3.05) is 0 Å². The predicted molar refractivity (Wildman–Crippen MR) is 94.8 cm³/mol. The molecular formula is C20H21N3O. The third-order valence-corrected chi connectivity index (χ3v) is 4.65. The minimum atomic E-state index is -0.0518. The molecule has 0 amide bonds. The summed E-state index contributed by atoms with van der Waals surface area (Å²) in [5, 5.41) is 4.68. The van der Waals surface area contributed by atoms with Crippen LogP contribution in [0, 0.1) is 13.8 Å². The quantitative estimate of drug-likeness (QED) is 0.737. The third kappa shape index (κ3) is 2.68. The van der Waals surface area contributed by atoms with Crippen LogP contribution in [0.5, 0.6) is 0 Å². The molecule has 0 atom stereocenters.